The van der Waals surface area contributed by atoms with Crippen molar-refractivity contribution in [1.82, 2.24) is 9.80 Å². The number of nitrogens with one attached hydrogen (secondary N) is 2. The van der Waals surface area contributed by atoms with Crippen LogP contribution in [0.2, 0.25) is 0 Å². The van der Waals surface area contributed by atoms with Crippen molar-refractivity contribution in [2.45, 2.75) is 125 Å². The monoisotopic (exact) mass is 798 g/mol. The van der Waals surface area contributed by atoms with Crippen LogP contribution in [-0.2, 0) is 41.3 Å². The Hall–Kier alpha value is -5.23. The smallest absolute Gasteiger partial charge is 0.330 e. The third kappa shape index (κ3) is 10.6. The Kier molecular flexibility index (Phi) is 14.9. The summed E-state index contributed by atoms with van der Waals surface area (Å²) in [5.74, 6) is -1.95. The van der Waals surface area contributed by atoms with Gasteiger partial charge in [-0.05, 0) is 65.5 Å². The molecule has 0 spiro atoms. The highest BCUT2D eigenvalue weighted by atomic mass is 16.5. The van der Waals surface area contributed by atoms with E-state index in [4.69, 9.17) is 14.2 Å². The zero-order chi connectivity index (χ0) is 43.0. The van der Waals surface area contributed by atoms with Gasteiger partial charge in [0.05, 0.1) is 18.8 Å². The van der Waals surface area contributed by atoms with E-state index in [9.17, 15) is 24.0 Å². The Bertz CT molecular complexity index is 1950. The Labute approximate surface area is 344 Å². The number of imide groups is 1. The lowest BCUT2D eigenvalue weighted by Gasteiger charge is -2.30. The number of benzene rings is 3. The van der Waals surface area contributed by atoms with Crippen molar-refractivity contribution in [3.8, 4) is 11.5 Å². The van der Waals surface area contributed by atoms with Gasteiger partial charge in [-0.15, -0.1) is 0 Å². The van der Waals surface area contributed by atoms with Crippen LogP contribution in [0.3, 0.4) is 0 Å². The number of methoxy groups -OCH3 is 1. The van der Waals surface area contributed by atoms with Gasteiger partial charge in [-0.1, -0.05) is 118 Å². The quantitative estimate of drug-likeness (QED) is 0.0698. The van der Waals surface area contributed by atoms with Crippen molar-refractivity contribution in [2.24, 2.45) is 5.41 Å². The minimum atomic E-state index is -1.84. The van der Waals surface area contributed by atoms with Gasteiger partial charge in [0, 0.05) is 23.8 Å². The number of anilines is 2. The number of rotatable bonds is 19. The van der Waals surface area contributed by atoms with Gasteiger partial charge >= 0.3 is 6.03 Å². The zero-order valence-corrected chi connectivity index (χ0v) is 36.1. The molecule has 5 amide bonds. The molecule has 1 aliphatic heterocycles. The van der Waals surface area contributed by atoms with Crippen molar-refractivity contribution in [2.75, 3.05) is 31.0 Å². The van der Waals surface area contributed by atoms with E-state index in [-0.39, 0.29) is 35.4 Å². The van der Waals surface area contributed by atoms with Gasteiger partial charge in [0.2, 0.25) is 6.23 Å². The first-order valence-corrected chi connectivity index (χ1v) is 20.2. The zero-order valence-electron chi connectivity index (χ0n) is 36.1. The van der Waals surface area contributed by atoms with Crippen molar-refractivity contribution in [1.29, 1.82) is 0 Å². The van der Waals surface area contributed by atoms with E-state index < -0.39 is 47.2 Å². The summed E-state index contributed by atoms with van der Waals surface area (Å²) in [6, 6.07) is 17.3. The number of nitrogens with zero attached hydrogens (tertiary/aromatic N) is 2. The van der Waals surface area contributed by atoms with Gasteiger partial charge in [-0.3, -0.25) is 24.1 Å². The highest BCUT2D eigenvalue weighted by Crippen LogP contribution is 2.39. The molecule has 12 nitrogen and oxygen atoms in total. The summed E-state index contributed by atoms with van der Waals surface area (Å²) >= 11 is 0. The third-order valence-corrected chi connectivity index (χ3v) is 11.0. The first kappa shape index (κ1) is 45.5. The molecule has 3 aromatic carbocycles. The topological polar surface area (TPSA) is 144 Å². The van der Waals surface area contributed by atoms with E-state index in [2.05, 4.69) is 64.3 Å². The van der Waals surface area contributed by atoms with E-state index in [0.717, 1.165) is 36.8 Å². The second kappa shape index (κ2) is 19.0. The molecule has 2 atom stereocenters. The van der Waals surface area contributed by atoms with Crippen molar-refractivity contribution in [3.05, 3.63) is 83.4 Å². The van der Waals surface area contributed by atoms with Crippen LogP contribution in [0.4, 0.5) is 16.2 Å². The minimum Gasteiger partial charge on any atom is -0.491 e. The number of ketones is 1. The van der Waals surface area contributed by atoms with Gasteiger partial charge in [0.25, 0.3) is 17.7 Å². The molecular weight excluding hydrogens is 737 g/mol. The molecule has 0 aliphatic carbocycles. The van der Waals surface area contributed by atoms with Crippen LogP contribution < -0.4 is 20.1 Å². The van der Waals surface area contributed by atoms with Crippen LogP contribution in [0.25, 0.3) is 0 Å². The van der Waals surface area contributed by atoms with E-state index in [0.29, 0.717) is 22.9 Å². The second-order valence-corrected chi connectivity index (χ2v) is 17.1. The average molecular weight is 799 g/mol. The fourth-order valence-corrected chi connectivity index (χ4v) is 6.44. The van der Waals surface area contributed by atoms with E-state index in [1.165, 1.54) is 23.6 Å². The molecule has 4 rings (SSSR count). The summed E-state index contributed by atoms with van der Waals surface area (Å²) < 4.78 is 17.6. The predicted octanol–water partition coefficient (Wildman–Crippen LogP) is 8.62. The lowest BCUT2D eigenvalue weighted by Crippen LogP contribution is -2.55. The molecular formula is C46H62N4O8. The number of urea groups is 1. The summed E-state index contributed by atoms with van der Waals surface area (Å²) in [6.45, 7) is 19.9. The first-order valence-electron chi connectivity index (χ1n) is 20.2. The Balaban J connectivity index is 1.63. The van der Waals surface area contributed by atoms with E-state index >= 15 is 0 Å². The van der Waals surface area contributed by atoms with Crippen LogP contribution in [0.1, 0.15) is 112 Å². The molecule has 314 valence electrons. The number of amides is 5. The van der Waals surface area contributed by atoms with Crippen LogP contribution in [0.5, 0.6) is 11.5 Å². The molecule has 58 heavy (non-hydrogen) atoms. The maximum absolute atomic E-state index is 14.4. The summed E-state index contributed by atoms with van der Waals surface area (Å²) in [6.07, 6.45) is 2.07. The lowest BCUT2D eigenvalue weighted by molar-refractivity contribution is -0.148. The highest BCUT2D eigenvalue weighted by Gasteiger charge is 2.54. The second-order valence-electron chi connectivity index (χ2n) is 17.1. The average Bonchev–Trinajstić information content (AvgIpc) is 3.41. The van der Waals surface area contributed by atoms with Gasteiger partial charge < -0.3 is 24.8 Å². The number of ether oxygens (including phenoxy) is 3. The molecule has 0 aromatic heterocycles. The molecule has 0 bridgehead atoms. The van der Waals surface area contributed by atoms with Crippen molar-refractivity contribution < 1.29 is 38.2 Å². The number of hydrogen-bond donors (Lipinski definition) is 2. The van der Waals surface area contributed by atoms with Crippen LogP contribution in [-0.4, -0.2) is 71.9 Å². The number of Topliss-reactive ketones (excluding diaryl/α,β-unsaturated/α-hetero) is 1. The molecule has 0 radical (unpaired) electrons. The Morgan fingerprint density at radius 3 is 2.05 bits per heavy atom. The van der Waals surface area contributed by atoms with Gasteiger partial charge in [0.15, 0.2) is 18.4 Å². The number of unbranched alkanes of at least 4 members (excludes halogenated alkanes) is 1. The standard InChI is InChI=1S/C46H62N4O8/c1-12-15-25-57-36-24-22-32(47-37(51)29-58-35-23-21-31(45(7,8)13-2)26-33(35)46(9,10)14-3)27-34(36)48-40(53)38(39(52)44(4,5)6)50-41(54)42(56-11)49(43(50)55)28-30-19-17-16-18-20-30/h16-24,26-27,38,42H,12-15,25,28-29H2,1-11H3,(H,47,51)(H,48,53). The molecule has 1 saturated heterocycles. The normalized spacial score (nSPS) is 15.3. The van der Waals surface area contributed by atoms with Crippen LogP contribution >= 0.6 is 0 Å². The Morgan fingerprint density at radius 2 is 1.45 bits per heavy atom. The third-order valence-electron chi connectivity index (χ3n) is 11.0. The van der Waals surface area contributed by atoms with Gasteiger partial charge in [-0.25, -0.2) is 9.69 Å². The summed E-state index contributed by atoms with van der Waals surface area (Å²) in [7, 11) is 1.29. The molecule has 1 aliphatic rings. The molecule has 1 fully saturated rings. The first-order chi connectivity index (χ1) is 27.3. The number of carbonyl (C=O) groups is 5. The fraction of sp³-hybridized carbons (Fsp3) is 0.500. The van der Waals surface area contributed by atoms with Crippen LogP contribution in [0.15, 0.2) is 66.7 Å². The number of carbonyl (C=O) groups excluding carboxylic acids is 5. The predicted molar refractivity (Wildman–Crippen MR) is 226 cm³/mol. The molecule has 2 unspecified atom stereocenters. The van der Waals surface area contributed by atoms with E-state index in [1.54, 1.807) is 57.2 Å². The molecule has 3 aromatic rings. The highest BCUT2D eigenvalue weighted by molar-refractivity contribution is 6.19. The largest absolute Gasteiger partial charge is 0.491 e. The summed E-state index contributed by atoms with van der Waals surface area (Å²) in [4.78, 5) is 71.5. The lowest BCUT2D eigenvalue weighted by atomic mass is 9.76. The Morgan fingerprint density at radius 1 is 0.793 bits per heavy atom. The van der Waals surface area contributed by atoms with Gasteiger partial charge in [0.1, 0.15) is 11.5 Å². The summed E-state index contributed by atoms with van der Waals surface area (Å²) in [5, 5.41) is 5.60. The summed E-state index contributed by atoms with van der Waals surface area (Å²) in [5.41, 5.74) is 2.05. The van der Waals surface area contributed by atoms with Gasteiger partial charge in [-0.2, -0.15) is 0 Å². The van der Waals surface area contributed by atoms with E-state index in [1.807, 2.05) is 19.1 Å². The van der Waals surface area contributed by atoms with Crippen molar-refractivity contribution in [3.63, 3.8) is 0 Å². The minimum absolute atomic E-state index is 0.0133. The van der Waals surface area contributed by atoms with Crippen LogP contribution in [0, 0.1) is 5.41 Å². The molecule has 12 heteroatoms. The van der Waals surface area contributed by atoms with Crippen molar-refractivity contribution >= 4 is 40.9 Å². The molecule has 2 N–H and O–H groups in total. The molecule has 0 saturated carbocycles. The number of hydrogen-bond acceptors (Lipinski definition) is 8. The molecule has 1 heterocycles. The maximum Gasteiger partial charge on any atom is 0.330 e. The SMILES string of the molecule is CCCCOc1ccc(NC(=O)COc2ccc(C(C)(C)CC)cc2C(C)(C)CC)cc1NC(=O)C(C(=O)C(C)(C)C)N1C(=O)C(OC)N(Cc2ccccc2)C1=O. The maximum atomic E-state index is 14.4. The fourth-order valence-electron chi connectivity index (χ4n) is 6.44.